The second-order valence-corrected chi connectivity index (χ2v) is 11.1. The molecule has 0 unspecified atom stereocenters. The van der Waals surface area contributed by atoms with E-state index in [4.69, 9.17) is 35.8 Å². The van der Waals surface area contributed by atoms with E-state index in [2.05, 4.69) is 108 Å². The van der Waals surface area contributed by atoms with Crippen LogP contribution in [0.1, 0.15) is 22.3 Å². The summed E-state index contributed by atoms with van der Waals surface area (Å²) in [5.74, 6) is 0. The van der Waals surface area contributed by atoms with Crippen molar-refractivity contribution in [3.63, 3.8) is 0 Å². The van der Waals surface area contributed by atoms with E-state index in [9.17, 15) is 0 Å². The molecule has 0 fully saturated rings. The molecule has 0 atom stereocenters. The summed E-state index contributed by atoms with van der Waals surface area (Å²) in [5, 5.41) is 5.04. The van der Waals surface area contributed by atoms with Gasteiger partial charge in [0.25, 0.3) is 0 Å². The third-order valence-corrected chi connectivity index (χ3v) is 8.84. The molecule has 2 nitrogen and oxygen atoms in total. The summed E-state index contributed by atoms with van der Waals surface area (Å²) in [6, 6.07) is 42.8. The van der Waals surface area contributed by atoms with Crippen molar-refractivity contribution in [3.05, 3.63) is 144 Å². The van der Waals surface area contributed by atoms with Crippen LogP contribution in [0.25, 0.3) is 33.1 Å². The summed E-state index contributed by atoms with van der Waals surface area (Å²) in [5.41, 5.74) is 11.2. The number of nitrogens with one attached hydrogen (secondary N) is 1. The average molecular weight is 539 g/mol. The molecule has 6 aromatic carbocycles. The Morgan fingerprint density at radius 3 is 1.74 bits per heavy atom. The van der Waals surface area contributed by atoms with Crippen molar-refractivity contribution in [2.45, 2.75) is 5.41 Å². The van der Waals surface area contributed by atoms with E-state index in [1.54, 1.807) is 0 Å². The molecule has 0 aliphatic heterocycles. The first kappa shape index (κ1) is 25.9. The summed E-state index contributed by atoms with van der Waals surface area (Å²) < 4.78 is 6.11. The summed E-state index contributed by atoms with van der Waals surface area (Å²) in [7, 11) is 24.7. The number of fused-ring (bicyclic) bond motifs is 6. The number of benzene rings is 6. The molecule has 0 amide bonds. The van der Waals surface area contributed by atoms with Crippen LogP contribution < -0.4 is 27.2 Å². The number of furan rings is 1. The monoisotopic (exact) mass is 539 g/mol. The van der Waals surface area contributed by atoms with E-state index in [0.29, 0.717) is 27.5 Å². The van der Waals surface area contributed by atoms with E-state index < -0.39 is 5.41 Å². The number of rotatable bonds is 4. The first-order chi connectivity index (χ1) is 21.0. The van der Waals surface area contributed by atoms with Crippen molar-refractivity contribution in [1.82, 2.24) is 0 Å². The molecule has 6 heteroatoms. The van der Waals surface area contributed by atoms with E-state index in [1.807, 2.05) is 18.2 Å². The SMILES string of the molecule is [B]c1c([B])c([B])c2c(oc3cc(Nc4ccc(C5(c6ccccc6)c6ccccc6-c6ccccc65)cc4)ccc32)c1[B]. The van der Waals surface area contributed by atoms with Crippen molar-refractivity contribution in [2.75, 3.05) is 5.32 Å². The third-order valence-electron chi connectivity index (χ3n) is 8.84. The number of hydrogen-bond donors (Lipinski definition) is 1. The zero-order chi connectivity index (χ0) is 29.3. The molecule has 192 valence electrons. The lowest BCUT2D eigenvalue weighted by molar-refractivity contribution is 0.672. The Morgan fingerprint density at radius 1 is 0.512 bits per heavy atom. The van der Waals surface area contributed by atoms with Gasteiger partial charge in [-0.3, -0.25) is 0 Å². The Morgan fingerprint density at radius 2 is 1.07 bits per heavy atom. The maximum Gasteiger partial charge on any atom is 0.137 e. The smallest absolute Gasteiger partial charge is 0.137 e. The first-order valence-corrected chi connectivity index (χ1v) is 14.2. The van der Waals surface area contributed by atoms with Gasteiger partial charge in [0.1, 0.15) is 42.6 Å². The summed E-state index contributed by atoms with van der Waals surface area (Å²) in [4.78, 5) is 0. The van der Waals surface area contributed by atoms with Crippen molar-refractivity contribution < 1.29 is 4.42 Å². The molecule has 7 aromatic rings. The Kier molecular flexibility index (Phi) is 5.78. The molecule has 0 spiro atoms. The van der Waals surface area contributed by atoms with E-state index >= 15 is 0 Å². The quantitative estimate of drug-likeness (QED) is 0.324. The van der Waals surface area contributed by atoms with Gasteiger partial charge in [0.15, 0.2) is 0 Å². The highest BCUT2D eigenvalue weighted by molar-refractivity contribution is 6.67. The second kappa shape index (κ2) is 9.61. The van der Waals surface area contributed by atoms with Gasteiger partial charge in [0, 0.05) is 28.2 Å². The number of hydrogen-bond acceptors (Lipinski definition) is 2. The first-order valence-electron chi connectivity index (χ1n) is 14.2. The van der Waals surface area contributed by atoms with Crippen LogP contribution in [0.4, 0.5) is 11.4 Å². The third kappa shape index (κ3) is 3.66. The van der Waals surface area contributed by atoms with Crippen molar-refractivity contribution in [3.8, 4) is 11.1 Å². The van der Waals surface area contributed by atoms with Crippen molar-refractivity contribution >= 4 is 86.5 Å². The lowest BCUT2D eigenvalue weighted by atomic mass is 9.65. The highest BCUT2D eigenvalue weighted by atomic mass is 16.3. The fourth-order valence-electron chi connectivity index (χ4n) is 6.86. The van der Waals surface area contributed by atoms with Crippen LogP contribution in [0, 0.1) is 0 Å². The van der Waals surface area contributed by atoms with Crippen LogP contribution in [-0.2, 0) is 5.41 Å². The topological polar surface area (TPSA) is 25.2 Å². The lowest BCUT2D eigenvalue weighted by Gasteiger charge is -2.34. The predicted molar refractivity (Wildman–Crippen MR) is 182 cm³/mol. The van der Waals surface area contributed by atoms with E-state index in [-0.39, 0.29) is 10.9 Å². The van der Waals surface area contributed by atoms with Gasteiger partial charge < -0.3 is 9.73 Å². The fraction of sp³-hybridized carbons (Fsp3) is 0.0270. The van der Waals surface area contributed by atoms with Gasteiger partial charge in [-0.1, -0.05) is 102 Å². The van der Waals surface area contributed by atoms with Crippen LogP contribution in [0.3, 0.4) is 0 Å². The van der Waals surface area contributed by atoms with Crippen LogP contribution >= 0.6 is 0 Å². The minimum atomic E-state index is -0.427. The standard InChI is InChI=1S/C37H21B4NO/c38-32-31-27-19-18-24(20-30(27)43-36(31)35(41)34(40)33(32)39)42-23-16-14-22(15-17-23)37(21-8-2-1-3-9-21)28-12-6-4-10-25(28)26-11-5-7-13-29(26)37/h1-20,42H. The molecule has 1 N–H and O–H groups in total. The zero-order valence-electron chi connectivity index (χ0n) is 23.3. The Bertz CT molecular complexity index is 2160. The fourth-order valence-corrected chi connectivity index (χ4v) is 6.86. The Balaban J connectivity index is 1.22. The molecule has 1 aromatic heterocycles. The second-order valence-electron chi connectivity index (χ2n) is 11.1. The molecule has 0 saturated heterocycles. The van der Waals surface area contributed by atoms with Gasteiger partial charge in [-0.2, -0.15) is 0 Å². The molecular weight excluding hydrogens is 518 g/mol. The van der Waals surface area contributed by atoms with Crippen molar-refractivity contribution in [1.29, 1.82) is 0 Å². The normalized spacial score (nSPS) is 13.2. The van der Waals surface area contributed by atoms with Crippen molar-refractivity contribution in [2.24, 2.45) is 0 Å². The summed E-state index contributed by atoms with van der Waals surface area (Å²) >= 11 is 0. The molecule has 8 rings (SSSR count). The molecule has 1 aliphatic carbocycles. The zero-order valence-corrected chi connectivity index (χ0v) is 23.3. The Hall–Kier alpha value is -4.82. The minimum Gasteiger partial charge on any atom is -0.457 e. The molecule has 1 aliphatic rings. The maximum atomic E-state index is 6.30. The highest BCUT2D eigenvalue weighted by Crippen LogP contribution is 2.55. The molecule has 0 bridgehead atoms. The molecular formula is C37H21B4NO. The molecule has 0 saturated carbocycles. The highest BCUT2D eigenvalue weighted by Gasteiger charge is 2.45. The van der Waals surface area contributed by atoms with Crippen LogP contribution in [0.15, 0.2) is 126 Å². The molecule has 1 heterocycles. The van der Waals surface area contributed by atoms with Crippen LogP contribution in [0.2, 0.25) is 0 Å². The van der Waals surface area contributed by atoms with Gasteiger partial charge in [-0.25, -0.2) is 0 Å². The predicted octanol–water partition coefficient (Wildman–Crippen LogP) is 4.87. The van der Waals surface area contributed by atoms with E-state index in [1.165, 1.54) is 33.4 Å². The van der Waals surface area contributed by atoms with E-state index in [0.717, 1.165) is 16.8 Å². The lowest BCUT2D eigenvalue weighted by Crippen LogP contribution is -2.47. The molecule has 8 radical (unpaired) electrons. The van der Waals surface area contributed by atoms with Crippen LogP contribution in [-0.4, -0.2) is 31.4 Å². The van der Waals surface area contributed by atoms with Gasteiger partial charge in [0.05, 0.1) is 5.41 Å². The van der Waals surface area contributed by atoms with Gasteiger partial charge in [-0.15, -0.1) is 10.9 Å². The number of anilines is 2. The van der Waals surface area contributed by atoms with Gasteiger partial charge >= 0.3 is 0 Å². The summed E-state index contributed by atoms with van der Waals surface area (Å²) in [6.07, 6.45) is 0. The van der Waals surface area contributed by atoms with Gasteiger partial charge in [0.2, 0.25) is 0 Å². The molecule has 43 heavy (non-hydrogen) atoms. The van der Waals surface area contributed by atoms with Gasteiger partial charge in [-0.05, 0) is 57.6 Å². The Labute approximate surface area is 255 Å². The largest absolute Gasteiger partial charge is 0.457 e. The van der Waals surface area contributed by atoms with Crippen LogP contribution in [0.5, 0.6) is 0 Å². The average Bonchev–Trinajstić information content (AvgIpc) is 3.58. The minimum absolute atomic E-state index is 0.239. The summed E-state index contributed by atoms with van der Waals surface area (Å²) in [6.45, 7) is 0. The maximum absolute atomic E-state index is 6.30.